The molecule has 0 saturated carbocycles. The number of unbranched alkanes of at least 4 members (excludes halogenated alkanes) is 1. The van der Waals surface area contributed by atoms with Gasteiger partial charge in [0, 0.05) is 29.7 Å². The van der Waals surface area contributed by atoms with E-state index in [0.717, 1.165) is 24.0 Å². The van der Waals surface area contributed by atoms with Crippen LogP contribution in [0.5, 0.6) is 5.75 Å². The van der Waals surface area contributed by atoms with Crippen LogP contribution in [0.4, 0.5) is 0 Å². The van der Waals surface area contributed by atoms with E-state index in [1.165, 1.54) is 0 Å². The van der Waals surface area contributed by atoms with Crippen LogP contribution in [0.2, 0.25) is 5.02 Å². The number of allylic oxidation sites excluding steroid dienone is 1. The summed E-state index contributed by atoms with van der Waals surface area (Å²) < 4.78 is 47.4. The standard InChI is InChI=1S/C29H34ClNO8S/c1-20-28(29(33)39-19-21-6-12-24(13-7-21)37-14-2-3-16-40(34,35)36)26(22-8-10-23(30)11-9-22)17-27(32)31(20)18-25-5-4-15-38-25/h6-13,25-26H,2-5,14-19H2,1H3,(H,34,35,36)/t25-,26+/m1/s1. The summed E-state index contributed by atoms with van der Waals surface area (Å²) in [6.07, 6.45) is 2.71. The summed E-state index contributed by atoms with van der Waals surface area (Å²) in [5, 5.41) is 0.571. The van der Waals surface area contributed by atoms with E-state index in [-0.39, 0.29) is 30.8 Å². The van der Waals surface area contributed by atoms with Crippen molar-refractivity contribution >= 4 is 33.6 Å². The molecular formula is C29H34ClNO8S. The van der Waals surface area contributed by atoms with Crippen LogP contribution in [-0.2, 0) is 35.8 Å². The van der Waals surface area contributed by atoms with Crippen molar-refractivity contribution in [1.29, 1.82) is 0 Å². The van der Waals surface area contributed by atoms with E-state index in [1.54, 1.807) is 48.2 Å². The lowest BCUT2D eigenvalue weighted by molar-refractivity contribution is -0.141. The number of hydrogen-bond donors (Lipinski definition) is 1. The van der Waals surface area contributed by atoms with Crippen molar-refractivity contribution in [3.05, 3.63) is 76.0 Å². The normalized spacial score (nSPS) is 19.7. The first kappa shape index (κ1) is 30.0. The van der Waals surface area contributed by atoms with Gasteiger partial charge in [-0.25, -0.2) is 4.79 Å². The van der Waals surface area contributed by atoms with Crippen molar-refractivity contribution in [2.24, 2.45) is 0 Å². The zero-order chi connectivity index (χ0) is 28.7. The monoisotopic (exact) mass is 591 g/mol. The molecule has 1 fully saturated rings. The van der Waals surface area contributed by atoms with Crippen LogP contribution in [0.25, 0.3) is 0 Å². The number of ether oxygens (including phenoxy) is 3. The van der Waals surface area contributed by atoms with Crippen LogP contribution in [0.3, 0.4) is 0 Å². The van der Waals surface area contributed by atoms with Gasteiger partial charge in [0.1, 0.15) is 12.4 Å². The summed E-state index contributed by atoms with van der Waals surface area (Å²) in [6, 6.07) is 14.2. The number of carbonyl (C=O) groups excluding carboxylic acids is 2. The van der Waals surface area contributed by atoms with Crippen molar-refractivity contribution in [3.63, 3.8) is 0 Å². The van der Waals surface area contributed by atoms with Gasteiger partial charge in [-0.3, -0.25) is 9.35 Å². The first-order valence-electron chi connectivity index (χ1n) is 13.3. The van der Waals surface area contributed by atoms with Gasteiger partial charge >= 0.3 is 5.97 Å². The van der Waals surface area contributed by atoms with Crippen LogP contribution in [0.1, 0.15) is 56.1 Å². The molecule has 2 atom stereocenters. The molecule has 2 aromatic carbocycles. The molecule has 0 bridgehead atoms. The number of nitrogens with zero attached hydrogens (tertiary/aromatic N) is 1. The lowest BCUT2D eigenvalue weighted by atomic mass is 9.83. The second kappa shape index (κ2) is 13.6. The van der Waals surface area contributed by atoms with Gasteiger partial charge in [0.15, 0.2) is 0 Å². The fourth-order valence-electron chi connectivity index (χ4n) is 4.96. The number of esters is 1. The summed E-state index contributed by atoms with van der Waals surface area (Å²) in [4.78, 5) is 28.3. The minimum absolute atomic E-state index is 0.0390. The Balaban J connectivity index is 1.42. The average Bonchev–Trinajstić information content (AvgIpc) is 3.43. The Morgan fingerprint density at radius 1 is 1.12 bits per heavy atom. The number of benzene rings is 2. The number of halogens is 1. The van der Waals surface area contributed by atoms with E-state index < -0.39 is 22.0 Å². The lowest BCUT2D eigenvalue weighted by Crippen LogP contribution is -2.42. The molecule has 9 nitrogen and oxygen atoms in total. The van der Waals surface area contributed by atoms with Gasteiger partial charge in [-0.1, -0.05) is 35.9 Å². The topological polar surface area (TPSA) is 119 Å². The van der Waals surface area contributed by atoms with Crippen molar-refractivity contribution < 1.29 is 36.8 Å². The second-order valence-corrected chi connectivity index (χ2v) is 12.0. The molecule has 2 heterocycles. The summed E-state index contributed by atoms with van der Waals surface area (Å²) in [5.41, 5.74) is 2.61. The molecule has 2 aromatic rings. The second-order valence-electron chi connectivity index (χ2n) is 10.0. The first-order chi connectivity index (χ1) is 19.1. The molecule has 0 radical (unpaired) electrons. The SMILES string of the molecule is CC1=C(C(=O)OCc2ccc(OCCCCS(=O)(=O)O)cc2)[C@H](c2ccc(Cl)cc2)CC(=O)N1C[C@H]1CCCO1. The maximum atomic E-state index is 13.5. The van der Waals surface area contributed by atoms with E-state index in [2.05, 4.69) is 0 Å². The minimum Gasteiger partial charge on any atom is -0.494 e. The Morgan fingerprint density at radius 2 is 1.85 bits per heavy atom. The largest absolute Gasteiger partial charge is 0.494 e. The van der Waals surface area contributed by atoms with E-state index >= 15 is 0 Å². The van der Waals surface area contributed by atoms with E-state index in [1.807, 2.05) is 12.1 Å². The van der Waals surface area contributed by atoms with Crippen LogP contribution in [0, 0.1) is 0 Å². The Morgan fingerprint density at radius 3 is 2.50 bits per heavy atom. The fraction of sp³-hybridized carbons (Fsp3) is 0.448. The third-order valence-corrected chi connectivity index (χ3v) is 8.14. The zero-order valence-electron chi connectivity index (χ0n) is 22.4. The van der Waals surface area contributed by atoms with Crippen LogP contribution >= 0.6 is 11.6 Å². The van der Waals surface area contributed by atoms with Gasteiger partial charge in [-0.15, -0.1) is 0 Å². The number of hydrogen-bond acceptors (Lipinski definition) is 7. The Hall–Kier alpha value is -2.92. The highest BCUT2D eigenvalue weighted by Crippen LogP contribution is 2.38. The molecule has 2 aliphatic rings. The molecule has 0 aromatic heterocycles. The van der Waals surface area contributed by atoms with Gasteiger partial charge in [-0.2, -0.15) is 8.42 Å². The van der Waals surface area contributed by atoms with Crippen LogP contribution in [-0.4, -0.2) is 61.4 Å². The highest BCUT2D eigenvalue weighted by molar-refractivity contribution is 7.85. The molecule has 4 rings (SSSR count). The third-order valence-electron chi connectivity index (χ3n) is 7.08. The number of carbonyl (C=O) groups is 2. The van der Waals surface area contributed by atoms with Crippen molar-refractivity contribution in [1.82, 2.24) is 4.90 Å². The number of amides is 1. The van der Waals surface area contributed by atoms with Crippen LogP contribution < -0.4 is 4.74 Å². The minimum atomic E-state index is -3.96. The van der Waals surface area contributed by atoms with Crippen molar-refractivity contribution in [2.45, 2.75) is 57.7 Å². The molecule has 1 saturated heterocycles. The summed E-state index contributed by atoms with van der Waals surface area (Å²) in [6.45, 7) is 3.22. The third kappa shape index (κ3) is 8.30. The van der Waals surface area contributed by atoms with E-state index in [9.17, 15) is 18.0 Å². The molecule has 2 aliphatic heterocycles. The Labute approximate surface area is 239 Å². The zero-order valence-corrected chi connectivity index (χ0v) is 24.0. The molecule has 0 aliphatic carbocycles. The predicted octanol–water partition coefficient (Wildman–Crippen LogP) is 4.90. The quantitative estimate of drug-likeness (QED) is 0.210. The van der Waals surface area contributed by atoms with Crippen molar-refractivity contribution in [3.8, 4) is 5.75 Å². The van der Waals surface area contributed by atoms with Crippen LogP contribution in [0.15, 0.2) is 59.8 Å². The molecular weight excluding hydrogens is 558 g/mol. The molecule has 216 valence electrons. The molecule has 1 N–H and O–H groups in total. The van der Waals surface area contributed by atoms with Gasteiger partial charge in [-0.05, 0) is 68.0 Å². The van der Waals surface area contributed by atoms with E-state index in [0.29, 0.717) is 54.6 Å². The maximum Gasteiger partial charge on any atom is 0.336 e. The Kier molecular flexibility index (Phi) is 10.2. The maximum absolute atomic E-state index is 13.5. The lowest BCUT2D eigenvalue weighted by Gasteiger charge is -2.35. The van der Waals surface area contributed by atoms with Gasteiger partial charge in [0.05, 0.1) is 30.6 Å². The van der Waals surface area contributed by atoms with Gasteiger partial charge in [0.25, 0.3) is 10.1 Å². The predicted molar refractivity (Wildman–Crippen MR) is 150 cm³/mol. The van der Waals surface area contributed by atoms with E-state index in [4.69, 9.17) is 30.4 Å². The van der Waals surface area contributed by atoms with Crippen molar-refractivity contribution in [2.75, 3.05) is 25.5 Å². The smallest absolute Gasteiger partial charge is 0.336 e. The molecule has 1 amide bonds. The average molecular weight is 592 g/mol. The molecule has 40 heavy (non-hydrogen) atoms. The molecule has 11 heteroatoms. The molecule has 0 spiro atoms. The molecule has 0 unspecified atom stereocenters. The fourth-order valence-corrected chi connectivity index (χ4v) is 5.65. The highest BCUT2D eigenvalue weighted by Gasteiger charge is 2.38. The van der Waals surface area contributed by atoms with Gasteiger partial charge in [0.2, 0.25) is 5.91 Å². The first-order valence-corrected chi connectivity index (χ1v) is 15.3. The highest BCUT2D eigenvalue weighted by atomic mass is 35.5. The summed E-state index contributed by atoms with van der Waals surface area (Å²) in [5.74, 6) is -0.691. The van der Waals surface area contributed by atoms with Gasteiger partial charge < -0.3 is 19.1 Å². The Bertz CT molecular complexity index is 1320. The summed E-state index contributed by atoms with van der Waals surface area (Å²) >= 11 is 6.08. The number of rotatable bonds is 12. The summed E-state index contributed by atoms with van der Waals surface area (Å²) in [7, 11) is -3.96.